The number of benzene rings is 2. The number of halogens is 2. The summed E-state index contributed by atoms with van der Waals surface area (Å²) in [4.78, 5) is 16.4. The molecule has 6 heteroatoms. The van der Waals surface area contributed by atoms with Gasteiger partial charge >= 0.3 is 0 Å². The van der Waals surface area contributed by atoms with Crippen molar-refractivity contribution in [2.75, 3.05) is 32.7 Å². The summed E-state index contributed by atoms with van der Waals surface area (Å²) in [6.07, 6.45) is 0. The lowest BCUT2D eigenvalue weighted by molar-refractivity contribution is -0.133. The average Bonchev–Trinajstić information content (AvgIpc) is 2.69. The highest BCUT2D eigenvalue weighted by Crippen LogP contribution is 2.33. The molecule has 0 bridgehead atoms. The second-order valence-corrected chi connectivity index (χ2v) is 7.38. The summed E-state index contributed by atoms with van der Waals surface area (Å²) in [6.45, 7) is 6.22. The van der Waals surface area contributed by atoms with Gasteiger partial charge in [0, 0.05) is 57.6 Å². The highest BCUT2D eigenvalue weighted by atomic mass is 35.5. The molecule has 0 aliphatic carbocycles. The zero-order valence-electron chi connectivity index (χ0n) is 16.2. The molecule has 1 amide bonds. The van der Waals surface area contributed by atoms with E-state index in [1.165, 1.54) is 11.1 Å². The summed E-state index contributed by atoms with van der Waals surface area (Å²) in [5.74, 6) is 0.519. The van der Waals surface area contributed by atoms with Gasteiger partial charge in [-0.25, -0.2) is 0 Å². The van der Waals surface area contributed by atoms with E-state index in [4.69, 9.17) is 0 Å². The molecule has 1 N–H and O–H groups in total. The molecule has 152 valence electrons. The molecule has 2 aromatic carbocycles. The molecule has 0 unspecified atom stereocenters. The lowest BCUT2D eigenvalue weighted by Crippen LogP contribution is -2.66. The first-order chi connectivity index (χ1) is 12.7. The van der Waals surface area contributed by atoms with Crippen molar-refractivity contribution in [3.8, 4) is 0 Å². The third-order valence-electron chi connectivity index (χ3n) is 5.84. The molecule has 2 heterocycles. The van der Waals surface area contributed by atoms with Gasteiger partial charge in [0.15, 0.2) is 0 Å². The lowest BCUT2D eigenvalue weighted by atomic mass is 9.82. The maximum absolute atomic E-state index is 11.8. The number of carbonyl (C=O) groups is 1. The third kappa shape index (κ3) is 4.69. The minimum Gasteiger partial charge on any atom is -0.340 e. The summed E-state index contributed by atoms with van der Waals surface area (Å²) in [6, 6.07) is 22.5. The minimum absolute atomic E-state index is 0. The number of piperazine rings is 2. The van der Waals surface area contributed by atoms with Crippen LogP contribution in [0.2, 0.25) is 0 Å². The first-order valence-electron chi connectivity index (χ1n) is 9.56. The molecule has 2 fully saturated rings. The highest BCUT2D eigenvalue weighted by molar-refractivity contribution is 5.85. The Kier molecular flexibility index (Phi) is 8.32. The van der Waals surface area contributed by atoms with Gasteiger partial charge in [-0.05, 0) is 11.1 Å². The Morgan fingerprint density at radius 1 is 0.929 bits per heavy atom. The van der Waals surface area contributed by atoms with Crippen LogP contribution in [-0.2, 0) is 4.79 Å². The Bertz CT molecular complexity index is 704. The first-order valence-corrected chi connectivity index (χ1v) is 9.56. The number of hydrogen-bond donors (Lipinski definition) is 1. The predicted molar refractivity (Wildman–Crippen MR) is 119 cm³/mol. The van der Waals surface area contributed by atoms with Crippen LogP contribution in [0.4, 0.5) is 0 Å². The van der Waals surface area contributed by atoms with Gasteiger partial charge in [-0.2, -0.15) is 0 Å². The van der Waals surface area contributed by atoms with Crippen LogP contribution in [0.5, 0.6) is 0 Å². The number of nitrogens with one attached hydrogen (secondary N) is 1. The molecule has 2 atom stereocenters. The predicted octanol–water partition coefficient (Wildman–Crippen LogP) is 3.17. The van der Waals surface area contributed by atoms with E-state index in [-0.39, 0.29) is 30.7 Å². The van der Waals surface area contributed by atoms with Gasteiger partial charge < -0.3 is 10.2 Å². The van der Waals surface area contributed by atoms with Crippen LogP contribution >= 0.6 is 24.8 Å². The first kappa shape index (κ1) is 22.7. The van der Waals surface area contributed by atoms with Crippen molar-refractivity contribution in [3.63, 3.8) is 0 Å². The van der Waals surface area contributed by atoms with E-state index >= 15 is 0 Å². The quantitative estimate of drug-likeness (QED) is 0.826. The second kappa shape index (κ2) is 10.3. The van der Waals surface area contributed by atoms with Crippen LogP contribution in [0.1, 0.15) is 24.0 Å². The van der Waals surface area contributed by atoms with E-state index < -0.39 is 0 Å². The molecule has 0 spiro atoms. The van der Waals surface area contributed by atoms with E-state index in [1.54, 1.807) is 6.92 Å². The van der Waals surface area contributed by atoms with Gasteiger partial charge in [0.05, 0.1) is 0 Å². The summed E-state index contributed by atoms with van der Waals surface area (Å²) < 4.78 is 0. The van der Waals surface area contributed by atoms with E-state index in [2.05, 4.69) is 70.9 Å². The van der Waals surface area contributed by atoms with Gasteiger partial charge in [0.1, 0.15) is 0 Å². The molecule has 2 aliphatic heterocycles. The van der Waals surface area contributed by atoms with Gasteiger partial charge in [0.25, 0.3) is 0 Å². The van der Waals surface area contributed by atoms with Crippen LogP contribution in [0.15, 0.2) is 60.7 Å². The van der Waals surface area contributed by atoms with Crippen LogP contribution in [0.3, 0.4) is 0 Å². The molecule has 2 aromatic rings. The highest BCUT2D eigenvalue weighted by Gasteiger charge is 2.39. The number of nitrogens with zero attached hydrogens (tertiary/aromatic N) is 2. The molecule has 2 aliphatic rings. The standard InChI is InChI=1S/C22H27N3O.2ClH/c1-17(26)24-12-13-25-20(16-24)14-23-15-21(25)22(18-8-4-2-5-9-18)19-10-6-3-7-11-19;;/h2-11,20-23H,12-16H2,1H3;2*1H/t20-,21+;;/m1../s1. The van der Waals surface area contributed by atoms with Gasteiger partial charge in [-0.15, -0.1) is 24.8 Å². The van der Waals surface area contributed by atoms with E-state index in [1.807, 2.05) is 4.90 Å². The molecule has 0 radical (unpaired) electrons. The molecular weight excluding hydrogens is 393 g/mol. The Hall–Kier alpha value is -1.59. The van der Waals surface area contributed by atoms with Crippen molar-refractivity contribution < 1.29 is 4.79 Å². The van der Waals surface area contributed by atoms with E-state index in [0.29, 0.717) is 18.0 Å². The number of amides is 1. The Morgan fingerprint density at radius 2 is 1.50 bits per heavy atom. The van der Waals surface area contributed by atoms with Gasteiger partial charge in [-0.3, -0.25) is 9.69 Å². The summed E-state index contributed by atoms with van der Waals surface area (Å²) in [7, 11) is 0. The molecular formula is C22H29Cl2N3O. The maximum Gasteiger partial charge on any atom is 0.219 e. The number of hydrogen-bond acceptors (Lipinski definition) is 3. The largest absolute Gasteiger partial charge is 0.340 e. The van der Waals surface area contributed by atoms with Crippen LogP contribution < -0.4 is 5.32 Å². The fourth-order valence-corrected chi connectivity index (χ4v) is 4.56. The molecule has 4 rings (SSSR count). The molecule has 4 nitrogen and oxygen atoms in total. The van der Waals surface area contributed by atoms with E-state index in [0.717, 1.165) is 32.7 Å². The number of fused-ring (bicyclic) bond motifs is 1. The van der Waals surface area contributed by atoms with Crippen LogP contribution in [0, 0.1) is 0 Å². The van der Waals surface area contributed by atoms with Crippen molar-refractivity contribution in [3.05, 3.63) is 71.8 Å². The summed E-state index contributed by atoms with van der Waals surface area (Å²) in [5, 5.41) is 3.63. The zero-order chi connectivity index (χ0) is 17.9. The van der Waals surface area contributed by atoms with Crippen molar-refractivity contribution >= 4 is 30.7 Å². The molecule has 28 heavy (non-hydrogen) atoms. The van der Waals surface area contributed by atoms with Crippen LogP contribution in [0.25, 0.3) is 0 Å². The van der Waals surface area contributed by atoms with Crippen LogP contribution in [-0.4, -0.2) is 60.5 Å². The van der Waals surface area contributed by atoms with Gasteiger partial charge in [-0.1, -0.05) is 60.7 Å². The van der Waals surface area contributed by atoms with Crippen molar-refractivity contribution in [2.45, 2.75) is 24.9 Å². The van der Waals surface area contributed by atoms with Gasteiger partial charge in [0.2, 0.25) is 5.91 Å². The Balaban J connectivity index is 0.00000140. The zero-order valence-corrected chi connectivity index (χ0v) is 17.8. The molecule has 0 saturated carbocycles. The van der Waals surface area contributed by atoms with Crippen molar-refractivity contribution in [1.82, 2.24) is 15.1 Å². The number of rotatable bonds is 3. The fraction of sp³-hybridized carbons (Fsp3) is 0.409. The van der Waals surface area contributed by atoms with E-state index in [9.17, 15) is 4.79 Å². The average molecular weight is 422 g/mol. The Labute approximate surface area is 180 Å². The summed E-state index contributed by atoms with van der Waals surface area (Å²) >= 11 is 0. The lowest BCUT2D eigenvalue weighted by Gasteiger charge is -2.50. The smallest absolute Gasteiger partial charge is 0.219 e. The molecule has 0 aromatic heterocycles. The minimum atomic E-state index is 0. The third-order valence-corrected chi connectivity index (χ3v) is 5.84. The monoisotopic (exact) mass is 421 g/mol. The second-order valence-electron chi connectivity index (χ2n) is 7.38. The summed E-state index contributed by atoms with van der Waals surface area (Å²) in [5.41, 5.74) is 2.72. The maximum atomic E-state index is 11.8. The van der Waals surface area contributed by atoms with Crippen molar-refractivity contribution in [1.29, 1.82) is 0 Å². The topological polar surface area (TPSA) is 35.6 Å². The number of carbonyl (C=O) groups excluding carboxylic acids is 1. The Morgan fingerprint density at radius 3 is 2.04 bits per heavy atom. The molecule has 2 saturated heterocycles. The normalized spacial score (nSPS) is 22.0. The SMILES string of the molecule is CC(=O)N1CCN2[C@H](CNC[C@H]2C(c2ccccc2)c2ccccc2)C1.Cl.Cl. The fourth-order valence-electron chi connectivity index (χ4n) is 4.56. The van der Waals surface area contributed by atoms with Crippen molar-refractivity contribution in [2.24, 2.45) is 0 Å².